The van der Waals surface area contributed by atoms with E-state index in [0.29, 0.717) is 6.42 Å². The Morgan fingerprint density at radius 1 is 1.16 bits per heavy atom. The predicted molar refractivity (Wildman–Crippen MR) is 81.8 cm³/mol. The largest absolute Gasteiger partial charge is 0.323 e. The van der Waals surface area contributed by atoms with E-state index >= 15 is 0 Å². The second-order valence-corrected chi connectivity index (χ2v) is 8.14. The number of hydrogen-bond donors (Lipinski definition) is 0. The average Bonchev–Trinajstić information content (AvgIpc) is 2.41. The van der Waals surface area contributed by atoms with Crippen molar-refractivity contribution in [1.29, 1.82) is 0 Å². The van der Waals surface area contributed by atoms with Gasteiger partial charge in [-0.25, -0.2) is 0 Å². The number of hydrazone groups is 1. The second-order valence-electron chi connectivity index (χ2n) is 5.35. The van der Waals surface area contributed by atoms with Gasteiger partial charge in [-0.15, -0.1) is 0 Å². The lowest BCUT2D eigenvalue weighted by Crippen LogP contribution is -2.32. The third kappa shape index (κ3) is 4.03. The van der Waals surface area contributed by atoms with Crippen molar-refractivity contribution in [2.45, 2.75) is 45.3 Å². The number of benzene rings is 1. The molecule has 2 rings (SSSR count). The zero-order chi connectivity index (χ0) is 13.7. The van der Waals surface area contributed by atoms with Gasteiger partial charge in [0, 0.05) is 6.42 Å². The van der Waals surface area contributed by atoms with Crippen LogP contribution < -0.4 is 0 Å². The highest BCUT2D eigenvalue weighted by atomic mass is 28.3. The van der Waals surface area contributed by atoms with Crippen LogP contribution in [0.4, 0.5) is 0 Å². The van der Waals surface area contributed by atoms with Gasteiger partial charge in [0.2, 0.25) is 0 Å². The molecule has 4 heteroatoms. The predicted octanol–water partition coefficient (Wildman–Crippen LogP) is 2.97. The highest BCUT2D eigenvalue weighted by Crippen LogP contribution is 2.14. The number of Topliss-reactive ketones (excluding diaryl/α,β-unsaturated/α-hetero) is 1. The summed E-state index contributed by atoms with van der Waals surface area (Å²) in [6.45, 7) is 5.32. The molecule has 0 atom stereocenters. The minimum absolute atomic E-state index is 0.249. The topological polar surface area (TPSA) is 32.7 Å². The van der Waals surface area contributed by atoms with Crippen LogP contribution in [0, 0.1) is 0 Å². The molecular weight excluding hydrogens is 252 g/mol. The number of rotatable bonds is 4. The zero-order valence-electron chi connectivity index (χ0n) is 11.8. The number of carbonyl (C=O) groups is 1. The van der Waals surface area contributed by atoms with Gasteiger partial charge in [-0.2, -0.15) is 5.10 Å². The van der Waals surface area contributed by atoms with Crippen molar-refractivity contribution in [3.8, 4) is 0 Å². The quantitative estimate of drug-likeness (QED) is 0.624. The Bertz CT molecular complexity index is 456. The summed E-state index contributed by atoms with van der Waals surface area (Å²) >= 11 is 0. The highest BCUT2D eigenvalue weighted by Gasteiger charge is 2.19. The Kier molecular flexibility index (Phi) is 4.91. The number of nitrogens with zero attached hydrogens (tertiary/aromatic N) is 2. The molecule has 0 radical (unpaired) electrons. The minimum atomic E-state index is -1.06. The van der Waals surface area contributed by atoms with E-state index < -0.39 is 8.96 Å². The van der Waals surface area contributed by atoms with Gasteiger partial charge in [-0.05, 0) is 24.8 Å². The molecule has 1 aromatic rings. The molecule has 102 valence electrons. The first-order valence-electron chi connectivity index (χ1n) is 7.08. The van der Waals surface area contributed by atoms with Crippen molar-refractivity contribution in [3.63, 3.8) is 0 Å². The van der Waals surface area contributed by atoms with Gasteiger partial charge >= 0.3 is 0 Å². The zero-order valence-corrected chi connectivity index (χ0v) is 13.0. The summed E-state index contributed by atoms with van der Waals surface area (Å²) in [4.78, 5) is 11.9. The van der Waals surface area contributed by atoms with Crippen LogP contribution in [0.2, 0.25) is 13.1 Å². The Morgan fingerprint density at radius 2 is 1.84 bits per heavy atom. The van der Waals surface area contributed by atoms with Crippen molar-refractivity contribution in [3.05, 3.63) is 35.9 Å². The van der Waals surface area contributed by atoms with Crippen LogP contribution in [0.25, 0.3) is 0 Å². The van der Waals surface area contributed by atoms with Crippen molar-refractivity contribution in [2.75, 3.05) is 0 Å². The maximum absolute atomic E-state index is 11.9. The standard InChI is InChI=1S/C15H22N2OSi/c1-19(2)17(12-13-8-4-3-5-9-13)16-14-10-6-7-11-15(14)18/h3-5,8-9,19H,6-7,10-12H2,1-2H3. The fraction of sp³-hybridized carbons (Fsp3) is 0.467. The normalized spacial score (nSPS) is 18.1. The van der Waals surface area contributed by atoms with E-state index in [9.17, 15) is 4.79 Å². The lowest BCUT2D eigenvalue weighted by Gasteiger charge is -2.25. The van der Waals surface area contributed by atoms with Crippen molar-refractivity contribution in [1.82, 2.24) is 4.67 Å². The number of hydrogen-bond acceptors (Lipinski definition) is 3. The summed E-state index contributed by atoms with van der Waals surface area (Å²) in [6, 6.07) is 10.4. The molecule has 0 saturated heterocycles. The molecule has 0 bridgehead atoms. The van der Waals surface area contributed by atoms with Crippen LogP contribution in [-0.2, 0) is 11.3 Å². The van der Waals surface area contributed by atoms with E-state index in [1.54, 1.807) is 0 Å². The third-order valence-electron chi connectivity index (χ3n) is 3.42. The van der Waals surface area contributed by atoms with Crippen LogP contribution in [-0.4, -0.2) is 25.1 Å². The van der Waals surface area contributed by atoms with E-state index in [2.05, 4.69) is 35.0 Å². The first-order chi connectivity index (χ1) is 9.16. The maximum atomic E-state index is 11.9. The van der Waals surface area contributed by atoms with Crippen LogP contribution in [0.3, 0.4) is 0 Å². The summed E-state index contributed by atoms with van der Waals surface area (Å²) in [5.41, 5.74) is 2.06. The van der Waals surface area contributed by atoms with Crippen LogP contribution in [0.15, 0.2) is 35.4 Å². The Hall–Kier alpha value is -1.42. The SMILES string of the molecule is C[SiH](C)N(Cc1ccccc1)N=C1CCCCC1=O. The molecule has 3 nitrogen and oxygen atoms in total. The second kappa shape index (κ2) is 6.66. The first-order valence-corrected chi connectivity index (χ1v) is 9.90. The average molecular weight is 274 g/mol. The third-order valence-corrected chi connectivity index (χ3v) is 4.91. The van der Waals surface area contributed by atoms with Crippen LogP contribution >= 0.6 is 0 Å². The summed E-state index contributed by atoms with van der Waals surface area (Å²) < 4.78 is 2.16. The maximum Gasteiger partial charge on any atom is 0.178 e. The molecule has 0 aliphatic heterocycles. The monoisotopic (exact) mass is 274 g/mol. The van der Waals surface area contributed by atoms with Gasteiger partial charge in [-0.1, -0.05) is 43.4 Å². The molecule has 0 aromatic heterocycles. The lowest BCUT2D eigenvalue weighted by molar-refractivity contribution is -0.113. The minimum Gasteiger partial charge on any atom is -0.323 e. The number of ketones is 1. The molecule has 1 aliphatic carbocycles. The van der Waals surface area contributed by atoms with Gasteiger partial charge in [-0.3, -0.25) is 4.79 Å². The summed E-state index contributed by atoms with van der Waals surface area (Å²) in [5, 5.41) is 4.67. The van der Waals surface area contributed by atoms with Crippen molar-refractivity contribution in [2.24, 2.45) is 5.10 Å². The molecule has 0 spiro atoms. The molecule has 19 heavy (non-hydrogen) atoms. The Labute approximate surface area is 117 Å². The molecule has 1 fully saturated rings. The Balaban J connectivity index is 2.12. The van der Waals surface area contributed by atoms with Gasteiger partial charge < -0.3 is 4.67 Å². The first kappa shape index (κ1) is 14.0. The molecule has 0 amide bonds. The van der Waals surface area contributed by atoms with Gasteiger partial charge in [0.25, 0.3) is 0 Å². The fourth-order valence-corrected chi connectivity index (χ4v) is 3.17. The molecule has 0 unspecified atom stereocenters. The van der Waals surface area contributed by atoms with E-state index in [4.69, 9.17) is 0 Å². The molecule has 0 heterocycles. The molecular formula is C15H22N2OSi. The summed E-state index contributed by atoms with van der Waals surface area (Å²) in [5.74, 6) is 0.249. The molecule has 1 saturated carbocycles. The number of carbonyl (C=O) groups excluding carboxylic acids is 1. The van der Waals surface area contributed by atoms with E-state index in [0.717, 1.165) is 31.5 Å². The summed E-state index contributed by atoms with van der Waals surface area (Å²) in [6.07, 6.45) is 3.65. The lowest BCUT2D eigenvalue weighted by atomic mass is 9.97. The Morgan fingerprint density at radius 3 is 2.47 bits per heavy atom. The van der Waals surface area contributed by atoms with Crippen molar-refractivity contribution < 1.29 is 4.79 Å². The molecule has 1 aromatic carbocycles. The fourth-order valence-electron chi connectivity index (χ4n) is 2.23. The van der Waals surface area contributed by atoms with Gasteiger partial charge in [0.1, 0.15) is 5.71 Å². The van der Waals surface area contributed by atoms with Gasteiger partial charge in [0.05, 0.1) is 6.54 Å². The highest BCUT2D eigenvalue weighted by molar-refractivity contribution is 6.53. The molecule has 0 N–H and O–H groups in total. The van der Waals surface area contributed by atoms with E-state index in [1.807, 2.05) is 18.2 Å². The smallest absolute Gasteiger partial charge is 0.178 e. The molecule has 1 aliphatic rings. The van der Waals surface area contributed by atoms with Crippen LogP contribution in [0.5, 0.6) is 0 Å². The van der Waals surface area contributed by atoms with E-state index in [-0.39, 0.29) is 5.78 Å². The van der Waals surface area contributed by atoms with Gasteiger partial charge in [0.15, 0.2) is 14.7 Å². The van der Waals surface area contributed by atoms with Crippen molar-refractivity contribution >= 4 is 20.5 Å². The van der Waals surface area contributed by atoms with E-state index in [1.165, 1.54) is 5.56 Å². The summed E-state index contributed by atoms with van der Waals surface area (Å²) in [7, 11) is -1.06. The van der Waals surface area contributed by atoms with Crippen LogP contribution in [0.1, 0.15) is 31.2 Å².